The first kappa shape index (κ1) is 22.9. The fourth-order valence-electron chi connectivity index (χ4n) is 4.71. The third-order valence-electron chi connectivity index (χ3n) is 6.58. The molecule has 4 atom stereocenters. The molecule has 4 rings (SSSR count). The largest absolute Gasteiger partial charge is 0.468 e. The zero-order valence-electron chi connectivity index (χ0n) is 19.5. The number of ether oxygens (including phenoxy) is 4. The van der Waals surface area contributed by atoms with Crippen molar-refractivity contribution in [3.05, 3.63) is 46.3 Å². The van der Waals surface area contributed by atoms with Crippen LogP contribution in [0.4, 0.5) is 0 Å². The van der Waals surface area contributed by atoms with Crippen LogP contribution in [0.2, 0.25) is 0 Å². The number of dihydropyridines is 1. The second-order valence-electron chi connectivity index (χ2n) is 8.77. The van der Waals surface area contributed by atoms with Crippen LogP contribution >= 0.6 is 0 Å². The van der Waals surface area contributed by atoms with Crippen molar-refractivity contribution < 1.29 is 33.3 Å². The van der Waals surface area contributed by atoms with Gasteiger partial charge in [0.1, 0.15) is 5.92 Å². The minimum Gasteiger partial charge on any atom is -0.468 e. The van der Waals surface area contributed by atoms with Gasteiger partial charge in [0, 0.05) is 22.9 Å². The van der Waals surface area contributed by atoms with Gasteiger partial charge in [0.25, 0.3) is 0 Å². The Morgan fingerprint density at radius 1 is 1.24 bits per heavy atom. The maximum atomic E-state index is 13.7. The van der Waals surface area contributed by atoms with Crippen LogP contribution in [-0.2, 0) is 23.9 Å². The molecular formula is C25H29NO7. The van der Waals surface area contributed by atoms with Crippen molar-refractivity contribution in [1.82, 2.24) is 5.32 Å². The number of ketones is 1. The van der Waals surface area contributed by atoms with Crippen LogP contribution in [0, 0.1) is 11.8 Å². The molecule has 2 heterocycles. The van der Waals surface area contributed by atoms with E-state index in [1.807, 2.05) is 26.8 Å². The van der Waals surface area contributed by atoms with Gasteiger partial charge in [-0.2, -0.15) is 0 Å². The number of hydrogen-bond donors (Lipinski definition) is 1. The molecule has 8 nitrogen and oxygen atoms in total. The van der Waals surface area contributed by atoms with E-state index in [9.17, 15) is 14.4 Å². The molecule has 2 aliphatic heterocycles. The second kappa shape index (κ2) is 8.92. The molecule has 0 saturated heterocycles. The Morgan fingerprint density at radius 3 is 2.67 bits per heavy atom. The Kier molecular flexibility index (Phi) is 6.19. The van der Waals surface area contributed by atoms with E-state index in [0.29, 0.717) is 52.4 Å². The molecular weight excluding hydrogens is 426 g/mol. The van der Waals surface area contributed by atoms with E-state index in [-0.39, 0.29) is 24.6 Å². The third-order valence-corrected chi connectivity index (χ3v) is 6.58. The Morgan fingerprint density at radius 2 is 1.97 bits per heavy atom. The van der Waals surface area contributed by atoms with Crippen LogP contribution in [0.1, 0.15) is 52.0 Å². The first-order valence-corrected chi connectivity index (χ1v) is 11.2. The van der Waals surface area contributed by atoms with Crippen LogP contribution in [0.3, 0.4) is 0 Å². The predicted octanol–water partition coefficient (Wildman–Crippen LogP) is 3.37. The van der Waals surface area contributed by atoms with Gasteiger partial charge < -0.3 is 24.3 Å². The van der Waals surface area contributed by atoms with E-state index < -0.39 is 23.8 Å². The van der Waals surface area contributed by atoms with E-state index >= 15 is 0 Å². The summed E-state index contributed by atoms with van der Waals surface area (Å²) in [5.41, 5.74) is 2.77. The average Bonchev–Trinajstić information content (AvgIpc) is 3.25. The molecule has 0 bridgehead atoms. The number of methoxy groups -OCH3 is 1. The van der Waals surface area contributed by atoms with Gasteiger partial charge in [0.2, 0.25) is 6.79 Å². The topological polar surface area (TPSA) is 100 Å². The number of rotatable bonds is 5. The molecule has 3 aliphatic rings. The summed E-state index contributed by atoms with van der Waals surface area (Å²) in [6, 6.07) is 5.36. The van der Waals surface area contributed by atoms with Crippen molar-refractivity contribution in [3.63, 3.8) is 0 Å². The highest BCUT2D eigenvalue weighted by atomic mass is 16.7. The maximum absolute atomic E-state index is 13.7. The quantitative estimate of drug-likeness (QED) is 0.533. The fourth-order valence-corrected chi connectivity index (χ4v) is 4.71. The standard InChI is InChI=1S/C25H29NO7/c1-6-13(3)33-25(29)20-14(4)26-16-9-12(2)19(24(28)30-5)23(27)22(16)21(20)15-7-8-17-18(10-15)32-11-31-17/h7-8,10,12-13,19,21,26H,6,9,11H2,1-5H3/t12-,13+,19+,21+/m0/s1. The van der Waals surface area contributed by atoms with Gasteiger partial charge in [-0.3, -0.25) is 9.59 Å². The summed E-state index contributed by atoms with van der Waals surface area (Å²) in [5, 5.41) is 3.26. The number of Topliss-reactive ketones (excluding diaryl/α,β-unsaturated/α-hetero) is 1. The molecule has 0 spiro atoms. The second-order valence-corrected chi connectivity index (χ2v) is 8.77. The number of hydrogen-bond acceptors (Lipinski definition) is 8. The number of carbonyl (C=O) groups is 3. The molecule has 33 heavy (non-hydrogen) atoms. The van der Waals surface area contributed by atoms with E-state index in [2.05, 4.69) is 5.32 Å². The zero-order chi connectivity index (χ0) is 23.9. The van der Waals surface area contributed by atoms with Gasteiger partial charge in [-0.05, 0) is 50.3 Å². The van der Waals surface area contributed by atoms with Crippen molar-refractivity contribution in [3.8, 4) is 11.5 Å². The number of nitrogens with one attached hydrogen (secondary N) is 1. The Labute approximate surface area is 192 Å². The zero-order valence-corrected chi connectivity index (χ0v) is 19.5. The van der Waals surface area contributed by atoms with Crippen molar-refractivity contribution in [2.45, 2.75) is 52.6 Å². The van der Waals surface area contributed by atoms with Crippen molar-refractivity contribution in [1.29, 1.82) is 0 Å². The Balaban J connectivity index is 1.85. The summed E-state index contributed by atoms with van der Waals surface area (Å²) in [6.45, 7) is 7.52. The number of fused-ring (bicyclic) bond motifs is 1. The number of benzene rings is 1. The summed E-state index contributed by atoms with van der Waals surface area (Å²) in [5.74, 6) is -2.15. The maximum Gasteiger partial charge on any atom is 0.337 e. The normalized spacial score (nSPS) is 24.8. The van der Waals surface area contributed by atoms with Gasteiger partial charge in [0.05, 0.1) is 18.8 Å². The molecule has 1 aromatic carbocycles. The van der Waals surface area contributed by atoms with Gasteiger partial charge in [-0.25, -0.2) is 4.79 Å². The van der Waals surface area contributed by atoms with Gasteiger partial charge in [0.15, 0.2) is 17.3 Å². The molecule has 0 unspecified atom stereocenters. The summed E-state index contributed by atoms with van der Waals surface area (Å²) < 4.78 is 21.6. The highest BCUT2D eigenvalue weighted by Crippen LogP contribution is 2.47. The number of esters is 2. The van der Waals surface area contributed by atoms with Crippen molar-refractivity contribution in [2.75, 3.05) is 13.9 Å². The lowest BCUT2D eigenvalue weighted by atomic mass is 9.69. The summed E-state index contributed by atoms with van der Waals surface area (Å²) in [4.78, 5) is 39.5. The van der Waals surface area contributed by atoms with E-state index in [4.69, 9.17) is 18.9 Å². The highest BCUT2D eigenvalue weighted by Gasteiger charge is 2.47. The molecule has 0 fully saturated rings. The van der Waals surface area contributed by atoms with Gasteiger partial charge in [-0.1, -0.05) is 19.9 Å². The van der Waals surface area contributed by atoms with Crippen LogP contribution in [0.15, 0.2) is 40.7 Å². The molecule has 176 valence electrons. The van der Waals surface area contributed by atoms with Crippen molar-refractivity contribution in [2.24, 2.45) is 11.8 Å². The lowest BCUT2D eigenvalue weighted by Gasteiger charge is -2.38. The van der Waals surface area contributed by atoms with Gasteiger partial charge >= 0.3 is 11.9 Å². The molecule has 0 radical (unpaired) electrons. The van der Waals surface area contributed by atoms with Crippen LogP contribution in [-0.4, -0.2) is 37.7 Å². The molecule has 0 aromatic heterocycles. The SMILES string of the molecule is CC[C@@H](C)OC(=O)C1=C(C)NC2=C(C(=O)[C@H](C(=O)OC)[C@@H](C)C2)[C@@H]1c1ccc2c(c1)OCO2. The molecule has 0 saturated carbocycles. The summed E-state index contributed by atoms with van der Waals surface area (Å²) in [7, 11) is 1.28. The molecule has 1 N–H and O–H groups in total. The summed E-state index contributed by atoms with van der Waals surface area (Å²) in [6.07, 6.45) is 0.859. The Bertz CT molecular complexity index is 1070. The molecule has 1 aromatic rings. The van der Waals surface area contributed by atoms with Crippen molar-refractivity contribution >= 4 is 17.7 Å². The first-order chi connectivity index (χ1) is 15.8. The first-order valence-electron chi connectivity index (χ1n) is 11.2. The van der Waals surface area contributed by atoms with Gasteiger partial charge in [-0.15, -0.1) is 0 Å². The third kappa shape index (κ3) is 3.98. The lowest BCUT2D eigenvalue weighted by molar-refractivity contribution is -0.151. The predicted molar refractivity (Wildman–Crippen MR) is 118 cm³/mol. The summed E-state index contributed by atoms with van der Waals surface area (Å²) >= 11 is 0. The van der Waals surface area contributed by atoms with E-state index in [1.54, 1.807) is 19.1 Å². The number of allylic oxidation sites excluding steroid dienone is 3. The molecule has 0 amide bonds. The average molecular weight is 456 g/mol. The minimum absolute atomic E-state index is 0.109. The van der Waals surface area contributed by atoms with Crippen LogP contribution in [0.25, 0.3) is 0 Å². The van der Waals surface area contributed by atoms with Crippen LogP contribution in [0.5, 0.6) is 11.5 Å². The lowest BCUT2D eigenvalue weighted by Crippen LogP contribution is -2.43. The monoisotopic (exact) mass is 455 g/mol. The van der Waals surface area contributed by atoms with E-state index in [0.717, 1.165) is 0 Å². The van der Waals surface area contributed by atoms with Crippen LogP contribution < -0.4 is 14.8 Å². The Hall–Kier alpha value is -3.29. The molecule has 1 aliphatic carbocycles. The van der Waals surface area contributed by atoms with E-state index in [1.165, 1.54) is 7.11 Å². The number of carbonyl (C=O) groups excluding carboxylic acids is 3. The minimum atomic E-state index is -0.933. The highest BCUT2D eigenvalue weighted by molar-refractivity contribution is 6.12. The fraction of sp³-hybridized carbons (Fsp3) is 0.480. The smallest absolute Gasteiger partial charge is 0.337 e. The molecule has 8 heteroatoms.